The summed E-state index contributed by atoms with van der Waals surface area (Å²) in [6, 6.07) is 7.47. The van der Waals surface area contributed by atoms with Crippen LogP contribution in [-0.4, -0.2) is 55.3 Å². The van der Waals surface area contributed by atoms with Crippen LogP contribution in [0.3, 0.4) is 0 Å². The number of hydrogen-bond acceptors (Lipinski definition) is 5. The Bertz CT molecular complexity index is 934. The van der Waals surface area contributed by atoms with E-state index in [9.17, 15) is 8.42 Å². The van der Waals surface area contributed by atoms with Crippen LogP contribution in [0, 0.1) is 0 Å². The van der Waals surface area contributed by atoms with Gasteiger partial charge in [-0.15, -0.1) is 17.9 Å². The van der Waals surface area contributed by atoms with Gasteiger partial charge >= 0.3 is 0 Å². The highest BCUT2D eigenvalue weighted by Gasteiger charge is 2.34. The van der Waals surface area contributed by atoms with Gasteiger partial charge in [0.15, 0.2) is 0 Å². The quantitative estimate of drug-likeness (QED) is 0.564. The number of fused-ring (bicyclic) bond motifs is 1. The molecule has 1 saturated heterocycles. The summed E-state index contributed by atoms with van der Waals surface area (Å²) >= 11 is 12.4. The van der Waals surface area contributed by atoms with Gasteiger partial charge in [-0.25, -0.2) is 8.42 Å². The van der Waals surface area contributed by atoms with Gasteiger partial charge in [0, 0.05) is 47.3 Å². The number of nitrogens with zero attached hydrogens (tertiary/aromatic N) is 2. The Kier molecular flexibility index (Phi) is 6.01. The van der Waals surface area contributed by atoms with Crippen LogP contribution in [0.25, 0.3) is 10.1 Å². The van der Waals surface area contributed by atoms with Crippen molar-refractivity contribution in [3.63, 3.8) is 0 Å². The molecule has 0 saturated carbocycles. The van der Waals surface area contributed by atoms with Crippen LogP contribution in [0.1, 0.15) is 10.1 Å². The molecular weight excluding hydrogens is 410 g/mol. The molecule has 1 aromatic carbocycles. The van der Waals surface area contributed by atoms with E-state index in [0.717, 1.165) is 15.0 Å². The maximum Gasteiger partial charge on any atom is 0.225 e. The predicted octanol–water partition coefficient (Wildman–Crippen LogP) is 3.02. The molecule has 2 N–H and O–H groups in total. The van der Waals surface area contributed by atoms with Gasteiger partial charge in [0.05, 0.1) is 4.99 Å². The second kappa shape index (κ2) is 7.92. The largest absolute Gasteiger partial charge is 0.392 e. The van der Waals surface area contributed by atoms with Crippen molar-refractivity contribution in [2.45, 2.75) is 5.25 Å². The van der Waals surface area contributed by atoms with Crippen LogP contribution < -0.4 is 5.73 Å². The van der Waals surface area contributed by atoms with E-state index in [4.69, 9.17) is 29.6 Å². The van der Waals surface area contributed by atoms with Gasteiger partial charge in [-0.3, -0.25) is 4.90 Å². The minimum atomic E-state index is -3.53. The van der Waals surface area contributed by atoms with Crippen molar-refractivity contribution < 1.29 is 8.42 Å². The summed E-state index contributed by atoms with van der Waals surface area (Å²) in [6.07, 6.45) is 1.50. The molecule has 0 radical (unpaired) electrons. The van der Waals surface area contributed by atoms with Crippen LogP contribution in [0.5, 0.6) is 0 Å². The SMILES string of the molecule is C=CC(c1cc2ccc(Cl)cc2s1)S(=O)(=O)N1CCN(CC(N)=S)CC1. The van der Waals surface area contributed by atoms with Crippen molar-refractivity contribution in [2.24, 2.45) is 5.73 Å². The van der Waals surface area contributed by atoms with Gasteiger partial charge in [0.2, 0.25) is 10.0 Å². The first-order chi connectivity index (χ1) is 12.3. The summed E-state index contributed by atoms with van der Waals surface area (Å²) in [7, 11) is -3.53. The summed E-state index contributed by atoms with van der Waals surface area (Å²) < 4.78 is 28.8. The van der Waals surface area contributed by atoms with Crippen LogP contribution in [0.4, 0.5) is 0 Å². The van der Waals surface area contributed by atoms with Crippen molar-refractivity contribution in [3.8, 4) is 0 Å². The minimum Gasteiger partial charge on any atom is -0.392 e. The van der Waals surface area contributed by atoms with Crippen LogP contribution in [0.15, 0.2) is 36.9 Å². The number of rotatable bonds is 6. The lowest BCUT2D eigenvalue weighted by atomic mass is 10.2. The molecule has 140 valence electrons. The Labute approximate surface area is 168 Å². The molecule has 1 atom stereocenters. The minimum absolute atomic E-state index is 0.423. The highest BCUT2D eigenvalue weighted by Crippen LogP contribution is 2.37. The van der Waals surface area contributed by atoms with E-state index in [1.807, 2.05) is 18.2 Å². The third-order valence-corrected chi connectivity index (χ3v) is 8.25. The van der Waals surface area contributed by atoms with Gasteiger partial charge in [-0.1, -0.05) is 36.0 Å². The predicted molar refractivity (Wildman–Crippen MR) is 113 cm³/mol. The molecule has 1 aliphatic rings. The van der Waals surface area contributed by atoms with E-state index in [2.05, 4.69) is 11.5 Å². The fourth-order valence-corrected chi connectivity index (χ4v) is 6.68. The Morgan fingerprint density at radius 1 is 1.35 bits per heavy atom. The molecule has 1 fully saturated rings. The summed E-state index contributed by atoms with van der Waals surface area (Å²) in [6.45, 7) is 6.36. The molecule has 2 aromatic rings. The summed E-state index contributed by atoms with van der Waals surface area (Å²) in [5.74, 6) is 0. The summed E-state index contributed by atoms with van der Waals surface area (Å²) in [5.41, 5.74) is 5.57. The van der Waals surface area contributed by atoms with Crippen LogP contribution in [0.2, 0.25) is 5.02 Å². The third kappa shape index (κ3) is 4.11. The standard InChI is InChI=1S/C17H20ClN3O2S3/c1-2-16(15-9-12-3-4-13(18)10-14(12)25-15)26(22,23)21-7-5-20(6-8-21)11-17(19)24/h2-4,9-10,16H,1,5-8,11H2,(H2,19,24). The first-order valence-corrected chi connectivity index (χ1v) is 11.2. The van der Waals surface area contributed by atoms with E-state index < -0.39 is 15.3 Å². The average Bonchev–Trinajstić information content (AvgIpc) is 2.97. The monoisotopic (exact) mass is 429 g/mol. The van der Waals surface area contributed by atoms with Gasteiger partial charge in [-0.2, -0.15) is 4.31 Å². The van der Waals surface area contributed by atoms with Crippen LogP contribution >= 0.6 is 35.2 Å². The van der Waals surface area contributed by atoms with E-state index in [1.165, 1.54) is 21.7 Å². The number of thiophene rings is 1. The molecule has 1 aliphatic heterocycles. The highest BCUT2D eigenvalue weighted by molar-refractivity contribution is 7.89. The van der Waals surface area contributed by atoms with Gasteiger partial charge < -0.3 is 5.73 Å². The normalized spacial score (nSPS) is 18.0. The first kappa shape index (κ1) is 19.7. The number of thiocarbonyl (C=S) groups is 1. The molecular formula is C17H20ClN3O2S3. The summed E-state index contributed by atoms with van der Waals surface area (Å²) in [4.78, 5) is 3.25. The number of halogens is 1. The Hall–Kier alpha value is -1.03. The maximum absolute atomic E-state index is 13.2. The van der Waals surface area contributed by atoms with Gasteiger partial charge in [0.25, 0.3) is 0 Å². The Balaban J connectivity index is 1.82. The number of sulfonamides is 1. The molecule has 5 nitrogen and oxygen atoms in total. The Morgan fingerprint density at radius 3 is 2.65 bits per heavy atom. The van der Waals surface area contributed by atoms with Crippen molar-refractivity contribution in [1.82, 2.24) is 9.21 Å². The van der Waals surface area contributed by atoms with E-state index in [0.29, 0.717) is 42.7 Å². The zero-order chi connectivity index (χ0) is 18.9. The zero-order valence-electron chi connectivity index (χ0n) is 14.1. The Morgan fingerprint density at radius 2 is 2.04 bits per heavy atom. The van der Waals surface area contributed by atoms with E-state index in [-0.39, 0.29) is 0 Å². The van der Waals surface area contributed by atoms with Gasteiger partial charge in [0.1, 0.15) is 5.25 Å². The molecule has 0 aliphatic carbocycles. The molecule has 0 amide bonds. The lowest BCUT2D eigenvalue weighted by molar-refractivity contribution is 0.209. The fourth-order valence-electron chi connectivity index (χ4n) is 3.07. The molecule has 9 heteroatoms. The van der Waals surface area contributed by atoms with Crippen molar-refractivity contribution >= 4 is 60.3 Å². The lowest BCUT2D eigenvalue weighted by Crippen LogP contribution is -2.51. The molecule has 26 heavy (non-hydrogen) atoms. The summed E-state index contributed by atoms with van der Waals surface area (Å²) in [5, 5.41) is 0.858. The van der Waals surface area contributed by atoms with Gasteiger partial charge in [-0.05, 0) is 23.6 Å². The molecule has 0 bridgehead atoms. The third-order valence-electron chi connectivity index (χ3n) is 4.39. The van der Waals surface area contributed by atoms with E-state index >= 15 is 0 Å². The first-order valence-electron chi connectivity index (χ1n) is 8.12. The number of hydrogen-bond donors (Lipinski definition) is 1. The number of benzene rings is 1. The fraction of sp³-hybridized carbons (Fsp3) is 0.353. The molecule has 2 heterocycles. The molecule has 0 spiro atoms. The second-order valence-corrected chi connectivity index (χ2v) is 10.3. The smallest absolute Gasteiger partial charge is 0.225 e. The molecule has 3 rings (SSSR count). The van der Waals surface area contributed by atoms with Crippen molar-refractivity contribution in [1.29, 1.82) is 0 Å². The topological polar surface area (TPSA) is 66.6 Å². The number of nitrogens with two attached hydrogens (primary N) is 1. The van der Waals surface area contributed by atoms with E-state index in [1.54, 1.807) is 6.07 Å². The molecule has 1 unspecified atom stereocenters. The maximum atomic E-state index is 13.2. The second-order valence-electron chi connectivity index (χ2n) is 6.17. The highest BCUT2D eigenvalue weighted by atomic mass is 35.5. The molecule has 1 aromatic heterocycles. The zero-order valence-corrected chi connectivity index (χ0v) is 17.3. The van der Waals surface area contributed by atoms with Crippen LogP contribution in [-0.2, 0) is 10.0 Å². The van der Waals surface area contributed by atoms with Crippen molar-refractivity contribution in [2.75, 3.05) is 32.7 Å². The number of piperazine rings is 1. The van der Waals surface area contributed by atoms with Crippen molar-refractivity contribution in [3.05, 3.63) is 46.8 Å². The lowest BCUT2D eigenvalue weighted by Gasteiger charge is -2.35. The average molecular weight is 430 g/mol.